The summed E-state index contributed by atoms with van der Waals surface area (Å²) in [6.07, 6.45) is 6.54. The molecule has 5 rings (SSSR count). The fourth-order valence-corrected chi connectivity index (χ4v) is 3.35. The molecule has 2 heterocycles. The number of imidazole rings is 2. The van der Waals surface area contributed by atoms with E-state index >= 15 is 0 Å². The molecule has 0 bridgehead atoms. The number of hydrogen-bond donors (Lipinski definition) is 0. The Morgan fingerprint density at radius 1 is 0.821 bits per heavy atom. The first-order chi connectivity index (χ1) is 13.8. The average molecular weight is 364 g/mol. The van der Waals surface area contributed by atoms with Gasteiger partial charge in [-0.2, -0.15) is 0 Å². The summed E-state index contributed by atoms with van der Waals surface area (Å²) in [4.78, 5) is 21.1. The molecule has 5 aromatic rings. The molecule has 0 aliphatic heterocycles. The van der Waals surface area contributed by atoms with E-state index in [1.807, 2.05) is 41.0 Å². The van der Waals surface area contributed by atoms with E-state index in [1.54, 1.807) is 24.8 Å². The van der Waals surface area contributed by atoms with Gasteiger partial charge < -0.3 is 0 Å². The highest BCUT2D eigenvalue weighted by Crippen LogP contribution is 2.25. The zero-order valence-electron chi connectivity index (χ0n) is 14.9. The van der Waals surface area contributed by atoms with Gasteiger partial charge in [0.15, 0.2) is 0 Å². The highest BCUT2D eigenvalue weighted by molar-refractivity contribution is 5.96. The summed E-state index contributed by atoms with van der Waals surface area (Å²) in [6.45, 7) is 0. The molecule has 134 valence electrons. The van der Waals surface area contributed by atoms with E-state index in [2.05, 4.69) is 40.3 Å². The lowest BCUT2D eigenvalue weighted by Crippen LogP contribution is -2.10. The van der Waals surface area contributed by atoms with Gasteiger partial charge in [0.1, 0.15) is 12.7 Å². The Bertz CT molecular complexity index is 1270. The molecule has 0 saturated heterocycles. The van der Waals surface area contributed by atoms with E-state index in [0.717, 1.165) is 27.8 Å². The Labute approximate surface area is 161 Å². The SMILES string of the molecule is O=C(c1cccc(-n2cnc3cc(-c4ccccc4)ccc32)c1)n1ccnc1. The number of aromatic nitrogens is 4. The molecule has 5 nitrogen and oxygen atoms in total. The van der Waals surface area contributed by atoms with E-state index in [4.69, 9.17) is 0 Å². The predicted octanol–water partition coefficient (Wildman–Crippen LogP) is 4.58. The second kappa shape index (κ2) is 6.63. The third kappa shape index (κ3) is 2.79. The first-order valence-corrected chi connectivity index (χ1v) is 8.95. The van der Waals surface area contributed by atoms with Crippen molar-refractivity contribution in [2.45, 2.75) is 0 Å². The molecular weight excluding hydrogens is 348 g/mol. The van der Waals surface area contributed by atoms with Gasteiger partial charge in [-0.1, -0.05) is 42.5 Å². The van der Waals surface area contributed by atoms with Crippen molar-refractivity contribution >= 4 is 16.9 Å². The van der Waals surface area contributed by atoms with Crippen LogP contribution in [0.3, 0.4) is 0 Å². The lowest BCUT2D eigenvalue weighted by molar-refractivity contribution is 0.0959. The average Bonchev–Trinajstić information content (AvgIpc) is 3.43. The highest BCUT2D eigenvalue weighted by Gasteiger charge is 2.11. The smallest absolute Gasteiger partial charge is 0.263 e. The summed E-state index contributed by atoms with van der Waals surface area (Å²) in [5.74, 6) is -0.116. The zero-order chi connectivity index (χ0) is 18.9. The summed E-state index contributed by atoms with van der Waals surface area (Å²) in [7, 11) is 0. The number of nitrogens with zero attached hydrogens (tertiary/aromatic N) is 4. The van der Waals surface area contributed by atoms with Gasteiger partial charge in [0.25, 0.3) is 5.91 Å². The number of hydrogen-bond acceptors (Lipinski definition) is 3. The van der Waals surface area contributed by atoms with Crippen LogP contribution < -0.4 is 0 Å². The molecular formula is C23H16N4O. The van der Waals surface area contributed by atoms with Crippen LogP contribution in [0.2, 0.25) is 0 Å². The summed E-state index contributed by atoms with van der Waals surface area (Å²) < 4.78 is 3.46. The van der Waals surface area contributed by atoms with E-state index in [0.29, 0.717) is 5.56 Å². The van der Waals surface area contributed by atoms with Crippen molar-refractivity contribution in [2.75, 3.05) is 0 Å². The zero-order valence-corrected chi connectivity index (χ0v) is 14.9. The van der Waals surface area contributed by atoms with Gasteiger partial charge in [-0.15, -0.1) is 0 Å². The van der Waals surface area contributed by atoms with Gasteiger partial charge in [0.05, 0.1) is 11.0 Å². The predicted molar refractivity (Wildman–Crippen MR) is 108 cm³/mol. The molecule has 0 spiro atoms. The Morgan fingerprint density at radius 3 is 2.54 bits per heavy atom. The van der Waals surface area contributed by atoms with Crippen molar-refractivity contribution in [3.63, 3.8) is 0 Å². The van der Waals surface area contributed by atoms with Crippen LogP contribution in [0.1, 0.15) is 10.4 Å². The van der Waals surface area contributed by atoms with E-state index in [-0.39, 0.29) is 5.91 Å². The van der Waals surface area contributed by atoms with Crippen LogP contribution in [0.5, 0.6) is 0 Å². The maximum Gasteiger partial charge on any atom is 0.263 e. The number of carbonyl (C=O) groups is 1. The lowest BCUT2D eigenvalue weighted by Gasteiger charge is -2.08. The van der Waals surface area contributed by atoms with Crippen LogP contribution in [0.15, 0.2) is 97.8 Å². The molecule has 5 heteroatoms. The van der Waals surface area contributed by atoms with Crippen LogP contribution in [-0.4, -0.2) is 25.0 Å². The van der Waals surface area contributed by atoms with Gasteiger partial charge in [-0.25, -0.2) is 9.97 Å². The van der Waals surface area contributed by atoms with Crippen molar-refractivity contribution in [1.29, 1.82) is 0 Å². The van der Waals surface area contributed by atoms with Crippen molar-refractivity contribution in [2.24, 2.45) is 0 Å². The minimum Gasteiger partial charge on any atom is -0.299 e. The van der Waals surface area contributed by atoms with Crippen molar-refractivity contribution < 1.29 is 4.79 Å². The minimum atomic E-state index is -0.116. The van der Waals surface area contributed by atoms with Gasteiger partial charge in [-0.05, 0) is 41.5 Å². The van der Waals surface area contributed by atoms with E-state index in [9.17, 15) is 4.79 Å². The monoisotopic (exact) mass is 364 g/mol. The first kappa shape index (κ1) is 16.2. The van der Waals surface area contributed by atoms with E-state index in [1.165, 1.54) is 10.9 Å². The normalized spacial score (nSPS) is 11.0. The molecule has 0 atom stereocenters. The maximum absolute atomic E-state index is 12.6. The molecule has 0 saturated carbocycles. The number of carbonyl (C=O) groups excluding carboxylic acids is 1. The van der Waals surface area contributed by atoms with Gasteiger partial charge in [0, 0.05) is 23.6 Å². The number of benzene rings is 3. The summed E-state index contributed by atoms with van der Waals surface area (Å²) >= 11 is 0. The van der Waals surface area contributed by atoms with Crippen molar-refractivity contribution in [1.82, 2.24) is 19.1 Å². The van der Waals surface area contributed by atoms with Crippen molar-refractivity contribution in [3.8, 4) is 16.8 Å². The summed E-state index contributed by atoms with van der Waals surface area (Å²) in [5, 5.41) is 0. The van der Waals surface area contributed by atoms with Gasteiger partial charge >= 0.3 is 0 Å². The largest absolute Gasteiger partial charge is 0.299 e. The van der Waals surface area contributed by atoms with Crippen LogP contribution in [0.4, 0.5) is 0 Å². The van der Waals surface area contributed by atoms with Crippen LogP contribution >= 0.6 is 0 Å². The third-order valence-electron chi connectivity index (χ3n) is 4.76. The standard InChI is InChI=1S/C23H16N4O/c28-23(26-12-11-24-15-26)19-7-4-8-20(13-19)27-16-25-21-14-18(9-10-22(21)27)17-5-2-1-3-6-17/h1-16H. The van der Waals surface area contributed by atoms with Crippen LogP contribution in [0.25, 0.3) is 27.8 Å². The van der Waals surface area contributed by atoms with Gasteiger partial charge in [-0.3, -0.25) is 13.9 Å². The fourth-order valence-electron chi connectivity index (χ4n) is 3.35. The summed E-state index contributed by atoms with van der Waals surface area (Å²) in [6, 6.07) is 24.0. The lowest BCUT2D eigenvalue weighted by atomic mass is 10.1. The quantitative estimate of drug-likeness (QED) is 0.471. The minimum absolute atomic E-state index is 0.116. The maximum atomic E-state index is 12.6. The second-order valence-electron chi connectivity index (χ2n) is 6.51. The van der Waals surface area contributed by atoms with Gasteiger partial charge in [0.2, 0.25) is 0 Å². The molecule has 2 aromatic heterocycles. The van der Waals surface area contributed by atoms with E-state index < -0.39 is 0 Å². The van der Waals surface area contributed by atoms with Crippen LogP contribution in [-0.2, 0) is 0 Å². The molecule has 3 aromatic carbocycles. The Morgan fingerprint density at radius 2 is 1.71 bits per heavy atom. The number of rotatable bonds is 3. The Hall–Kier alpha value is -3.99. The first-order valence-electron chi connectivity index (χ1n) is 8.95. The molecule has 0 aliphatic carbocycles. The molecule has 0 fully saturated rings. The number of fused-ring (bicyclic) bond motifs is 1. The highest BCUT2D eigenvalue weighted by atomic mass is 16.2. The fraction of sp³-hybridized carbons (Fsp3) is 0. The third-order valence-corrected chi connectivity index (χ3v) is 4.76. The molecule has 0 radical (unpaired) electrons. The molecule has 0 aliphatic rings. The molecule has 0 N–H and O–H groups in total. The summed E-state index contributed by atoms with van der Waals surface area (Å²) in [5.41, 5.74) is 5.67. The molecule has 0 unspecified atom stereocenters. The van der Waals surface area contributed by atoms with Crippen molar-refractivity contribution in [3.05, 3.63) is 103 Å². The molecule has 0 amide bonds. The topological polar surface area (TPSA) is 52.7 Å². The Balaban J connectivity index is 1.55. The van der Waals surface area contributed by atoms with Crippen LogP contribution in [0, 0.1) is 0 Å². The second-order valence-corrected chi connectivity index (χ2v) is 6.51. The molecule has 28 heavy (non-hydrogen) atoms. The Kier molecular flexibility index (Phi) is 3.84.